The van der Waals surface area contributed by atoms with Crippen LogP contribution in [0.5, 0.6) is 0 Å². The highest BCUT2D eigenvalue weighted by molar-refractivity contribution is 5.05. The van der Waals surface area contributed by atoms with E-state index in [9.17, 15) is 0 Å². The first-order chi connectivity index (χ1) is 8.67. The van der Waals surface area contributed by atoms with Gasteiger partial charge in [-0.15, -0.1) is 0 Å². The van der Waals surface area contributed by atoms with Crippen molar-refractivity contribution in [1.29, 1.82) is 0 Å². The fourth-order valence-corrected chi connectivity index (χ4v) is 2.43. The van der Waals surface area contributed by atoms with Crippen LogP contribution in [0.15, 0.2) is 10.6 Å². The third-order valence-corrected chi connectivity index (χ3v) is 3.63. The number of nitrogens with zero attached hydrogens (tertiary/aromatic N) is 2. The Kier molecular flexibility index (Phi) is 4.78. The van der Waals surface area contributed by atoms with E-state index in [1.807, 2.05) is 0 Å². The van der Waals surface area contributed by atoms with Crippen LogP contribution in [0.2, 0.25) is 0 Å². The smallest absolute Gasteiger partial charge is 0.151 e. The molecule has 1 N–H and O–H groups in total. The quantitative estimate of drug-likeness (QED) is 0.843. The minimum absolute atomic E-state index is 0.481. The van der Waals surface area contributed by atoms with Gasteiger partial charge in [0.1, 0.15) is 0 Å². The summed E-state index contributed by atoms with van der Waals surface area (Å²) in [6, 6.07) is 2.56. The summed E-state index contributed by atoms with van der Waals surface area (Å²) in [6.45, 7) is 10.6. The van der Waals surface area contributed by atoms with Gasteiger partial charge in [-0.3, -0.25) is 4.90 Å². The average Bonchev–Trinajstić information content (AvgIpc) is 2.96. The molecule has 1 aliphatic heterocycles. The molecule has 2 heterocycles. The molecule has 0 saturated carbocycles. The molecule has 1 aliphatic rings. The molecule has 0 radical (unpaired) electrons. The van der Waals surface area contributed by atoms with E-state index in [-0.39, 0.29) is 0 Å². The second-order valence-electron chi connectivity index (χ2n) is 5.62. The molecule has 0 aromatic carbocycles. The lowest BCUT2D eigenvalue weighted by Crippen LogP contribution is -2.22. The first-order valence-corrected chi connectivity index (χ1v) is 7.07. The van der Waals surface area contributed by atoms with Gasteiger partial charge in [0.2, 0.25) is 0 Å². The first-order valence-electron chi connectivity index (χ1n) is 7.07. The van der Waals surface area contributed by atoms with Crippen LogP contribution >= 0.6 is 0 Å². The molecule has 1 fully saturated rings. The summed E-state index contributed by atoms with van der Waals surface area (Å²) in [4.78, 5) is 2.47. The molecular weight excluding hydrogens is 226 g/mol. The van der Waals surface area contributed by atoms with E-state index in [0.29, 0.717) is 6.04 Å². The number of likely N-dealkylation sites (tertiary alicyclic amines) is 1. The van der Waals surface area contributed by atoms with Gasteiger partial charge in [-0.05, 0) is 18.9 Å². The van der Waals surface area contributed by atoms with Crippen molar-refractivity contribution in [3.8, 4) is 0 Å². The van der Waals surface area contributed by atoms with Crippen LogP contribution in [0.3, 0.4) is 0 Å². The summed E-state index contributed by atoms with van der Waals surface area (Å²) < 4.78 is 5.40. The first kappa shape index (κ1) is 13.6. The maximum Gasteiger partial charge on any atom is 0.151 e. The topological polar surface area (TPSA) is 41.3 Å². The SMILES string of the molecule is CCC1CCN(Cc2cc(CNC(C)C)no2)C1. The van der Waals surface area contributed by atoms with Gasteiger partial charge in [0.05, 0.1) is 12.2 Å². The standard InChI is InChI=1S/C14H25N3O/c1-4-12-5-6-17(9-12)10-14-7-13(16-18-14)8-15-11(2)3/h7,11-12,15H,4-6,8-10H2,1-3H3. The maximum atomic E-state index is 5.40. The highest BCUT2D eigenvalue weighted by Gasteiger charge is 2.21. The second kappa shape index (κ2) is 6.34. The summed E-state index contributed by atoms with van der Waals surface area (Å²) in [7, 11) is 0. The van der Waals surface area contributed by atoms with Crippen LogP contribution in [-0.2, 0) is 13.1 Å². The van der Waals surface area contributed by atoms with Crippen molar-refractivity contribution < 1.29 is 4.52 Å². The van der Waals surface area contributed by atoms with Gasteiger partial charge in [-0.1, -0.05) is 32.3 Å². The van der Waals surface area contributed by atoms with Crippen LogP contribution in [0.1, 0.15) is 45.1 Å². The fourth-order valence-electron chi connectivity index (χ4n) is 2.43. The van der Waals surface area contributed by atoms with Crippen LogP contribution < -0.4 is 5.32 Å². The number of hydrogen-bond donors (Lipinski definition) is 1. The number of rotatable bonds is 6. The van der Waals surface area contributed by atoms with Crippen molar-refractivity contribution in [3.63, 3.8) is 0 Å². The van der Waals surface area contributed by atoms with Crippen LogP contribution in [0.4, 0.5) is 0 Å². The molecule has 1 aromatic rings. The van der Waals surface area contributed by atoms with Crippen molar-refractivity contribution in [2.24, 2.45) is 5.92 Å². The Morgan fingerprint density at radius 3 is 3.06 bits per heavy atom. The Balaban J connectivity index is 1.80. The van der Waals surface area contributed by atoms with E-state index in [1.165, 1.54) is 25.9 Å². The molecule has 1 saturated heterocycles. The second-order valence-corrected chi connectivity index (χ2v) is 5.62. The van der Waals surface area contributed by atoms with Gasteiger partial charge >= 0.3 is 0 Å². The van der Waals surface area contributed by atoms with Crippen LogP contribution in [-0.4, -0.2) is 29.2 Å². The minimum atomic E-state index is 0.481. The van der Waals surface area contributed by atoms with Crippen LogP contribution in [0.25, 0.3) is 0 Å². The lowest BCUT2D eigenvalue weighted by atomic mass is 10.1. The predicted octanol–water partition coefficient (Wildman–Crippen LogP) is 2.40. The predicted molar refractivity (Wildman–Crippen MR) is 72.2 cm³/mol. The van der Waals surface area contributed by atoms with Gasteiger partial charge in [0, 0.05) is 25.2 Å². The van der Waals surface area contributed by atoms with E-state index >= 15 is 0 Å². The van der Waals surface area contributed by atoms with Crippen molar-refractivity contribution in [1.82, 2.24) is 15.4 Å². The molecule has 1 unspecified atom stereocenters. The fraction of sp³-hybridized carbons (Fsp3) is 0.786. The van der Waals surface area contributed by atoms with E-state index in [4.69, 9.17) is 4.52 Å². The third kappa shape index (κ3) is 3.82. The van der Waals surface area contributed by atoms with Gasteiger partial charge in [0.15, 0.2) is 5.76 Å². The van der Waals surface area contributed by atoms with E-state index in [1.54, 1.807) is 0 Å². The molecular formula is C14H25N3O. The van der Waals surface area contributed by atoms with Crippen molar-refractivity contribution in [2.75, 3.05) is 13.1 Å². The monoisotopic (exact) mass is 251 g/mol. The molecule has 4 nitrogen and oxygen atoms in total. The van der Waals surface area contributed by atoms with E-state index in [2.05, 4.69) is 42.2 Å². The Morgan fingerprint density at radius 2 is 2.39 bits per heavy atom. The summed E-state index contributed by atoms with van der Waals surface area (Å²) in [5.41, 5.74) is 1.00. The van der Waals surface area contributed by atoms with Crippen molar-refractivity contribution >= 4 is 0 Å². The third-order valence-electron chi connectivity index (χ3n) is 3.63. The summed E-state index contributed by atoms with van der Waals surface area (Å²) >= 11 is 0. The van der Waals surface area contributed by atoms with E-state index in [0.717, 1.165) is 30.5 Å². The molecule has 102 valence electrons. The molecule has 0 aliphatic carbocycles. The minimum Gasteiger partial charge on any atom is -0.360 e. The van der Waals surface area contributed by atoms with Gasteiger partial charge in [0.25, 0.3) is 0 Å². The Morgan fingerprint density at radius 1 is 1.56 bits per heavy atom. The van der Waals surface area contributed by atoms with Gasteiger partial charge in [-0.2, -0.15) is 0 Å². The van der Waals surface area contributed by atoms with Crippen molar-refractivity contribution in [3.05, 3.63) is 17.5 Å². The molecule has 18 heavy (non-hydrogen) atoms. The number of aromatic nitrogens is 1. The van der Waals surface area contributed by atoms with Crippen molar-refractivity contribution in [2.45, 2.75) is 52.7 Å². The van der Waals surface area contributed by atoms with Crippen LogP contribution in [0, 0.1) is 5.92 Å². The molecule has 0 spiro atoms. The summed E-state index contributed by atoms with van der Waals surface area (Å²) in [6.07, 6.45) is 2.61. The lowest BCUT2D eigenvalue weighted by Gasteiger charge is -2.12. The normalized spacial score (nSPS) is 21.0. The highest BCUT2D eigenvalue weighted by atomic mass is 16.5. The Hall–Kier alpha value is -0.870. The molecule has 0 bridgehead atoms. The molecule has 0 amide bonds. The lowest BCUT2D eigenvalue weighted by molar-refractivity contribution is 0.264. The van der Waals surface area contributed by atoms with Gasteiger partial charge in [-0.25, -0.2) is 0 Å². The molecule has 1 atom stereocenters. The molecule has 2 rings (SSSR count). The van der Waals surface area contributed by atoms with E-state index < -0.39 is 0 Å². The number of nitrogens with one attached hydrogen (secondary N) is 1. The zero-order valence-electron chi connectivity index (χ0n) is 11.8. The zero-order valence-corrected chi connectivity index (χ0v) is 11.8. The average molecular weight is 251 g/mol. The maximum absolute atomic E-state index is 5.40. The molecule has 1 aromatic heterocycles. The summed E-state index contributed by atoms with van der Waals surface area (Å²) in [5.74, 6) is 1.86. The zero-order chi connectivity index (χ0) is 13.0. The largest absolute Gasteiger partial charge is 0.360 e. The Bertz CT molecular complexity index is 362. The molecule has 4 heteroatoms. The summed E-state index contributed by atoms with van der Waals surface area (Å²) in [5, 5.41) is 7.45. The Labute approximate surface area is 110 Å². The van der Waals surface area contributed by atoms with Gasteiger partial charge < -0.3 is 9.84 Å². The highest BCUT2D eigenvalue weighted by Crippen LogP contribution is 2.21. The number of hydrogen-bond acceptors (Lipinski definition) is 4.